The number of benzene rings is 2. The van der Waals surface area contributed by atoms with Gasteiger partial charge in [0.2, 0.25) is 0 Å². The molecular weight excluding hydrogens is 321 g/mol. The first-order chi connectivity index (χ1) is 11.0. The molecule has 0 aliphatic heterocycles. The van der Waals surface area contributed by atoms with E-state index in [1.807, 2.05) is 0 Å². The van der Waals surface area contributed by atoms with E-state index in [0.717, 1.165) is 6.07 Å². The zero-order valence-corrected chi connectivity index (χ0v) is 13.1. The molecule has 120 valence electrons. The van der Waals surface area contributed by atoms with Gasteiger partial charge in [-0.2, -0.15) is 0 Å². The predicted octanol–water partition coefficient (Wildman–Crippen LogP) is 2.36. The molecular formula is C16H14FNO4S. The maximum atomic E-state index is 13.0. The van der Waals surface area contributed by atoms with Crippen LogP contribution >= 0.6 is 0 Å². The predicted molar refractivity (Wildman–Crippen MR) is 84.1 cm³/mol. The standard InChI is InChI=1S/C16H14FNO4S/c1-23(21)14-8-3-2-7-13(14)16(20)22-10-15(19)18-12-6-4-5-11(17)9-12/h2-9H,10H2,1H3,(H,18,19)/t23-/m1/s1. The Kier molecular flexibility index (Phi) is 5.59. The van der Waals surface area contributed by atoms with Gasteiger partial charge in [0.1, 0.15) is 5.82 Å². The van der Waals surface area contributed by atoms with Crippen molar-refractivity contribution in [3.63, 3.8) is 0 Å². The van der Waals surface area contributed by atoms with Crippen LogP contribution < -0.4 is 5.32 Å². The number of carbonyl (C=O) groups excluding carboxylic acids is 2. The Morgan fingerprint density at radius 3 is 2.61 bits per heavy atom. The lowest BCUT2D eigenvalue weighted by Crippen LogP contribution is -2.21. The number of amides is 1. The van der Waals surface area contributed by atoms with Crippen molar-refractivity contribution < 1.29 is 22.9 Å². The van der Waals surface area contributed by atoms with Crippen molar-refractivity contribution in [3.05, 3.63) is 59.9 Å². The SMILES string of the molecule is C[S@@](=O)c1ccccc1C(=O)OCC(=O)Nc1cccc(F)c1. The summed E-state index contributed by atoms with van der Waals surface area (Å²) in [6.45, 7) is -0.528. The molecule has 2 aromatic rings. The summed E-state index contributed by atoms with van der Waals surface area (Å²) in [5, 5.41) is 2.41. The van der Waals surface area contributed by atoms with Crippen molar-refractivity contribution in [1.29, 1.82) is 0 Å². The molecule has 0 unspecified atom stereocenters. The summed E-state index contributed by atoms with van der Waals surface area (Å²) in [6, 6.07) is 11.7. The zero-order chi connectivity index (χ0) is 16.8. The van der Waals surface area contributed by atoms with Gasteiger partial charge in [-0.25, -0.2) is 9.18 Å². The van der Waals surface area contributed by atoms with Gasteiger partial charge in [0.05, 0.1) is 21.3 Å². The van der Waals surface area contributed by atoms with E-state index in [2.05, 4.69) is 5.32 Å². The number of anilines is 1. The largest absolute Gasteiger partial charge is 0.452 e. The molecule has 0 saturated carbocycles. The lowest BCUT2D eigenvalue weighted by molar-refractivity contribution is -0.119. The minimum atomic E-state index is -1.35. The highest BCUT2D eigenvalue weighted by Crippen LogP contribution is 2.14. The van der Waals surface area contributed by atoms with E-state index in [-0.39, 0.29) is 11.3 Å². The number of rotatable bonds is 5. The topological polar surface area (TPSA) is 72.5 Å². The Labute approximate surface area is 134 Å². The molecule has 7 heteroatoms. The summed E-state index contributed by atoms with van der Waals surface area (Å²) in [5.74, 6) is -1.83. The lowest BCUT2D eigenvalue weighted by atomic mass is 10.2. The second kappa shape index (κ2) is 7.64. The third-order valence-corrected chi connectivity index (χ3v) is 3.83. The van der Waals surface area contributed by atoms with Gasteiger partial charge in [0.15, 0.2) is 6.61 Å². The van der Waals surface area contributed by atoms with Crippen molar-refractivity contribution in [3.8, 4) is 0 Å². The van der Waals surface area contributed by atoms with E-state index in [4.69, 9.17) is 4.74 Å². The van der Waals surface area contributed by atoms with Crippen LogP contribution in [0, 0.1) is 5.82 Å². The highest BCUT2D eigenvalue weighted by atomic mass is 32.2. The monoisotopic (exact) mass is 335 g/mol. The fourth-order valence-corrected chi connectivity index (χ4v) is 2.59. The summed E-state index contributed by atoms with van der Waals surface area (Å²) >= 11 is 0. The first-order valence-corrected chi connectivity index (χ1v) is 8.18. The molecule has 0 aromatic heterocycles. The fraction of sp³-hybridized carbons (Fsp3) is 0.125. The van der Waals surface area contributed by atoms with Crippen LogP contribution in [0.25, 0.3) is 0 Å². The van der Waals surface area contributed by atoms with Gasteiger partial charge >= 0.3 is 5.97 Å². The summed E-state index contributed by atoms with van der Waals surface area (Å²) < 4.78 is 29.5. The number of hydrogen-bond donors (Lipinski definition) is 1. The van der Waals surface area contributed by atoms with Crippen LogP contribution in [0.15, 0.2) is 53.4 Å². The number of hydrogen-bond acceptors (Lipinski definition) is 4. The van der Waals surface area contributed by atoms with Crippen LogP contribution in [0.4, 0.5) is 10.1 Å². The Hall–Kier alpha value is -2.54. The second-order valence-electron chi connectivity index (χ2n) is 4.58. The summed E-state index contributed by atoms with van der Waals surface area (Å²) in [4.78, 5) is 24.0. The second-order valence-corrected chi connectivity index (χ2v) is 5.93. The van der Waals surface area contributed by atoms with Crippen LogP contribution in [0.2, 0.25) is 0 Å². The first kappa shape index (κ1) is 16.8. The molecule has 0 radical (unpaired) electrons. The molecule has 0 saturated heterocycles. The molecule has 5 nitrogen and oxygen atoms in total. The number of nitrogens with one attached hydrogen (secondary N) is 1. The Bertz CT molecular complexity index is 763. The molecule has 0 spiro atoms. The van der Waals surface area contributed by atoms with Crippen LogP contribution in [-0.4, -0.2) is 28.9 Å². The fourth-order valence-electron chi connectivity index (χ4n) is 1.86. The smallest absolute Gasteiger partial charge is 0.339 e. The molecule has 0 aliphatic carbocycles. The average molecular weight is 335 g/mol. The Morgan fingerprint density at radius 2 is 1.91 bits per heavy atom. The van der Waals surface area contributed by atoms with E-state index in [0.29, 0.717) is 4.90 Å². The van der Waals surface area contributed by atoms with Crippen molar-refractivity contribution in [1.82, 2.24) is 0 Å². The van der Waals surface area contributed by atoms with Crippen molar-refractivity contribution in [2.45, 2.75) is 4.90 Å². The van der Waals surface area contributed by atoms with Crippen LogP contribution in [0.3, 0.4) is 0 Å². The molecule has 0 fully saturated rings. The van der Waals surface area contributed by atoms with Crippen molar-refractivity contribution in [2.24, 2.45) is 0 Å². The van der Waals surface area contributed by atoms with Gasteiger partial charge in [-0.1, -0.05) is 18.2 Å². The van der Waals surface area contributed by atoms with Crippen LogP contribution in [0.5, 0.6) is 0 Å². The number of esters is 1. The number of halogens is 1. The summed E-state index contributed by atoms with van der Waals surface area (Å²) in [6.07, 6.45) is 1.45. The zero-order valence-electron chi connectivity index (χ0n) is 12.2. The highest BCUT2D eigenvalue weighted by Gasteiger charge is 2.16. The Morgan fingerprint density at radius 1 is 1.17 bits per heavy atom. The minimum Gasteiger partial charge on any atom is -0.452 e. The van der Waals surface area contributed by atoms with Gasteiger partial charge in [0.25, 0.3) is 5.91 Å². The molecule has 2 rings (SSSR count). The van der Waals surface area contributed by atoms with E-state index in [9.17, 15) is 18.2 Å². The Balaban J connectivity index is 1.97. The molecule has 0 bridgehead atoms. The maximum Gasteiger partial charge on any atom is 0.339 e. The van der Waals surface area contributed by atoms with Gasteiger partial charge in [-0.05, 0) is 30.3 Å². The third kappa shape index (κ3) is 4.72. The first-order valence-electron chi connectivity index (χ1n) is 6.62. The molecule has 0 aliphatic rings. The number of ether oxygens (including phenoxy) is 1. The molecule has 23 heavy (non-hydrogen) atoms. The normalized spacial score (nSPS) is 11.6. The number of carbonyl (C=O) groups is 2. The van der Waals surface area contributed by atoms with Crippen molar-refractivity contribution in [2.75, 3.05) is 18.2 Å². The quantitative estimate of drug-likeness (QED) is 0.852. The molecule has 1 amide bonds. The minimum absolute atomic E-state index is 0.145. The van der Waals surface area contributed by atoms with Gasteiger partial charge in [0, 0.05) is 11.9 Å². The average Bonchev–Trinajstić information content (AvgIpc) is 2.52. The van der Waals surface area contributed by atoms with E-state index < -0.39 is 35.1 Å². The lowest BCUT2D eigenvalue weighted by Gasteiger charge is -2.08. The van der Waals surface area contributed by atoms with Gasteiger partial charge < -0.3 is 10.1 Å². The summed E-state index contributed by atoms with van der Waals surface area (Å²) in [7, 11) is -1.35. The maximum absolute atomic E-state index is 13.0. The van der Waals surface area contributed by atoms with Crippen LogP contribution in [-0.2, 0) is 20.3 Å². The van der Waals surface area contributed by atoms with E-state index >= 15 is 0 Å². The van der Waals surface area contributed by atoms with E-state index in [1.54, 1.807) is 18.2 Å². The molecule has 2 aromatic carbocycles. The molecule has 1 atom stereocenters. The van der Waals surface area contributed by atoms with Gasteiger partial charge in [-0.3, -0.25) is 9.00 Å². The van der Waals surface area contributed by atoms with E-state index in [1.165, 1.54) is 30.5 Å². The van der Waals surface area contributed by atoms with Crippen molar-refractivity contribution >= 4 is 28.4 Å². The third-order valence-electron chi connectivity index (χ3n) is 2.86. The summed E-state index contributed by atoms with van der Waals surface area (Å²) in [5.41, 5.74) is 0.410. The molecule has 0 heterocycles. The molecule has 1 N–H and O–H groups in total. The highest BCUT2D eigenvalue weighted by molar-refractivity contribution is 7.84. The van der Waals surface area contributed by atoms with Gasteiger partial charge in [-0.15, -0.1) is 0 Å². The van der Waals surface area contributed by atoms with Crippen LogP contribution in [0.1, 0.15) is 10.4 Å².